The van der Waals surface area contributed by atoms with Crippen molar-refractivity contribution in [1.29, 1.82) is 0 Å². The molecule has 5 rings (SSSR count). The lowest BCUT2D eigenvalue weighted by molar-refractivity contribution is 0.306. The number of aromatic nitrogens is 3. The zero-order chi connectivity index (χ0) is 21.9. The van der Waals surface area contributed by atoms with Crippen molar-refractivity contribution >= 4 is 22.4 Å². The lowest BCUT2D eigenvalue weighted by atomic mass is 10.1. The van der Waals surface area contributed by atoms with Crippen molar-refractivity contribution in [3.8, 4) is 5.75 Å². The zero-order valence-electron chi connectivity index (χ0n) is 17.6. The van der Waals surface area contributed by atoms with Crippen LogP contribution in [0.1, 0.15) is 28.1 Å². The molecule has 5 nitrogen and oxygen atoms in total. The Morgan fingerprint density at radius 2 is 1.69 bits per heavy atom. The molecule has 0 amide bonds. The number of hydrogen-bond donors (Lipinski definition) is 0. The summed E-state index contributed by atoms with van der Waals surface area (Å²) in [5, 5.41) is 4.41. The number of benzene rings is 3. The fourth-order valence-corrected chi connectivity index (χ4v) is 4.32. The zero-order valence-corrected chi connectivity index (χ0v) is 18.4. The monoisotopic (exact) mass is 439 g/mol. The van der Waals surface area contributed by atoms with Crippen LogP contribution in [0, 0.1) is 6.92 Å². The lowest BCUT2D eigenvalue weighted by Crippen LogP contribution is -2.23. The third kappa shape index (κ3) is 4.45. The van der Waals surface area contributed by atoms with Crippen molar-refractivity contribution in [1.82, 2.24) is 14.6 Å². The minimum atomic E-state index is -0.142. The summed E-state index contributed by atoms with van der Waals surface area (Å²) in [7, 11) is 0. The summed E-state index contributed by atoms with van der Waals surface area (Å²) >= 11 is 1.35. The maximum Gasteiger partial charge on any atom is 0.291 e. The first-order chi connectivity index (χ1) is 15.6. The number of aryl methyl sites for hydroxylation is 1. The summed E-state index contributed by atoms with van der Waals surface area (Å²) in [4.78, 5) is 17.9. The van der Waals surface area contributed by atoms with Gasteiger partial charge in [-0.1, -0.05) is 83.6 Å². The number of rotatable bonds is 6. The molecule has 158 valence electrons. The maximum atomic E-state index is 12.8. The van der Waals surface area contributed by atoms with Gasteiger partial charge in [0.1, 0.15) is 12.4 Å². The molecule has 6 heteroatoms. The topological polar surface area (TPSA) is 56.5 Å². The van der Waals surface area contributed by atoms with E-state index in [1.165, 1.54) is 21.4 Å². The molecule has 3 aromatic carbocycles. The van der Waals surface area contributed by atoms with E-state index >= 15 is 0 Å². The first-order valence-electron chi connectivity index (χ1n) is 10.4. The quantitative estimate of drug-likeness (QED) is 0.398. The van der Waals surface area contributed by atoms with Crippen LogP contribution < -0.4 is 14.8 Å². The third-order valence-corrected chi connectivity index (χ3v) is 6.09. The van der Waals surface area contributed by atoms with Gasteiger partial charge in [-0.3, -0.25) is 4.79 Å². The Kier molecular flexibility index (Phi) is 5.52. The van der Waals surface area contributed by atoms with Gasteiger partial charge in [0, 0.05) is 6.42 Å². The summed E-state index contributed by atoms with van der Waals surface area (Å²) < 4.78 is 7.87. The highest BCUT2D eigenvalue weighted by Crippen LogP contribution is 2.15. The Balaban J connectivity index is 1.31. The van der Waals surface area contributed by atoms with Crippen molar-refractivity contribution in [3.63, 3.8) is 0 Å². The van der Waals surface area contributed by atoms with Crippen LogP contribution in [0.15, 0.2) is 83.7 Å². The van der Waals surface area contributed by atoms with E-state index in [0.717, 1.165) is 22.4 Å². The average Bonchev–Trinajstić information content (AvgIpc) is 3.33. The molecule has 0 aliphatic heterocycles. The predicted octanol–water partition coefficient (Wildman–Crippen LogP) is 4.18. The van der Waals surface area contributed by atoms with E-state index in [1.807, 2.05) is 60.7 Å². The van der Waals surface area contributed by atoms with Gasteiger partial charge in [0.2, 0.25) is 4.96 Å². The van der Waals surface area contributed by atoms with E-state index in [9.17, 15) is 4.79 Å². The Morgan fingerprint density at radius 3 is 2.41 bits per heavy atom. The van der Waals surface area contributed by atoms with Gasteiger partial charge in [-0.15, -0.1) is 5.10 Å². The van der Waals surface area contributed by atoms with Crippen LogP contribution in [0.25, 0.3) is 11.0 Å². The predicted molar refractivity (Wildman–Crippen MR) is 127 cm³/mol. The normalized spacial score (nSPS) is 11.8. The summed E-state index contributed by atoms with van der Waals surface area (Å²) in [5.74, 6) is 1.44. The second-order valence-electron chi connectivity index (χ2n) is 7.64. The molecule has 0 N–H and O–H groups in total. The van der Waals surface area contributed by atoms with Crippen molar-refractivity contribution in [2.45, 2.75) is 20.0 Å². The van der Waals surface area contributed by atoms with Crippen molar-refractivity contribution < 1.29 is 4.74 Å². The van der Waals surface area contributed by atoms with Crippen molar-refractivity contribution in [3.05, 3.63) is 122 Å². The molecule has 2 heterocycles. The van der Waals surface area contributed by atoms with Crippen LogP contribution in [-0.2, 0) is 13.0 Å². The van der Waals surface area contributed by atoms with Crippen LogP contribution in [0.5, 0.6) is 5.75 Å². The van der Waals surface area contributed by atoms with Crippen LogP contribution in [0.3, 0.4) is 0 Å². The molecule has 0 aliphatic rings. The molecule has 0 fully saturated rings. The molecule has 0 saturated carbocycles. The highest BCUT2D eigenvalue weighted by atomic mass is 32.1. The van der Waals surface area contributed by atoms with E-state index in [-0.39, 0.29) is 5.56 Å². The summed E-state index contributed by atoms with van der Waals surface area (Å²) in [6.07, 6.45) is 2.47. The third-order valence-electron chi connectivity index (χ3n) is 5.13. The molecule has 0 aliphatic carbocycles. The van der Waals surface area contributed by atoms with Gasteiger partial charge in [0.05, 0.1) is 4.53 Å². The molecule has 0 unspecified atom stereocenters. The first-order valence-corrected chi connectivity index (χ1v) is 11.2. The molecular formula is C26H21N3O2S. The molecule has 0 atom stereocenters. The highest BCUT2D eigenvalue weighted by Gasteiger charge is 2.11. The van der Waals surface area contributed by atoms with Gasteiger partial charge in [-0.25, -0.2) is 4.98 Å². The van der Waals surface area contributed by atoms with E-state index < -0.39 is 0 Å². The van der Waals surface area contributed by atoms with E-state index in [0.29, 0.717) is 28.3 Å². The van der Waals surface area contributed by atoms with Crippen LogP contribution >= 0.6 is 11.3 Å². The highest BCUT2D eigenvalue weighted by molar-refractivity contribution is 7.15. The fourth-order valence-electron chi connectivity index (χ4n) is 3.39. The Bertz CT molecular complexity index is 1450. The number of ether oxygens (including phenoxy) is 1. The Hall–Kier alpha value is -3.77. The summed E-state index contributed by atoms with van der Waals surface area (Å²) in [5.41, 5.74) is 4.27. The van der Waals surface area contributed by atoms with Crippen LogP contribution in [0.4, 0.5) is 0 Å². The molecule has 0 saturated heterocycles. The fraction of sp³-hybridized carbons (Fsp3) is 0.115. The second-order valence-corrected chi connectivity index (χ2v) is 8.65. The Labute approximate surface area is 189 Å². The van der Waals surface area contributed by atoms with Gasteiger partial charge < -0.3 is 4.74 Å². The van der Waals surface area contributed by atoms with Gasteiger partial charge in [0.25, 0.3) is 5.56 Å². The molecule has 0 spiro atoms. The molecule has 0 bridgehead atoms. The number of fused-ring (bicyclic) bond motifs is 1. The van der Waals surface area contributed by atoms with Gasteiger partial charge in [-0.2, -0.15) is 4.52 Å². The second kappa shape index (κ2) is 8.77. The number of thiazole rings is 1. The standard InChI is InChI=1S/C26H21N3O2S/c1-18-7-9-21(10-8-18)17-31-22-13-11-20(12-14-22)15-23-25(30)29-26(32-23)27-24(28-29)16-19-5-3-2-4-6-19/h2-15H,16-17H2,1H3/b23-15-. The van der Waals surface area contributed by atoms with Crippen LogP contribution in [0.2, 0.25) is 0 Å². The van der Waals surface area contributed by atoms with Crippen molar-refractivity contribution in [2.75, 3.05) is 0 Å². The van der Waals surface area contributed by atoms with E-state index in [4.69, 9.17) is 4.74 Å². The van der Waals surface area contributed by atoms with Crippen molar-refractivity contribution in [2.24, 2.45) is 0 Å². The SMILES string of the molecule is Cc1ccc(COc2ccc(/C=c3\sc4nc(Cc5ccccc5)nn4c3=O)cc2)cc1. The number of hydrogen-bond acceptors (Lipinski definition) is 5. The average molecular weight is 440 g/mol. The minimum Gasteiger partial charge on any atom is -0.489 e. The van der Waals surface area contributed by atoms with Gasteiger partial charge in [0.15, 0.2) is 5.82 Å². The smallest absolute Gasteiger partial charge is 0.291 e. The van der Waals surface area contributed by atoms with E-state index in [2.05, 4.69) is 41.3 Å². The molecule has 32 heavy (non-hydrogen) atoms. The van der Waals surface area contributed by atoms with Gasteiger partial charge >= 0.3 is 0 Å². The molecule has 2 aromatic heterocycles. The Morgan fingerprint density at radius 1 is 0.938 bits per heavy atom. The summed E-state index contributed by atoms with van der Waals surface area (Å²) in [6, 6.07) is 26.0. The minimum absolute atomic E-state index is 0.142. The molecule has 0 radical (unpaired) electrons. The lowest BCUT2D eigenvalue weighted by Gasteiger charge is -2.06. The van der Waals surface area contributed by atoms with Gasteiger partial charge in [-0.05, 0) is 41.8 Å². The first kappa shape index (κ1) is 20.2. The number of nitrogens with zero attached hydrogens (tertiary/aromatic N) is 3. The maximum absolute atomic E-state index is 12.8. The molecular weight excluding hydrogens is 418 g/mol. The van der Waals surface area contributed by atoms with Crippen LogP contribution in [-0.4, -0.2) is 14.6 Å². The molecule has 5 aromatic rings. The van der Waals surface area contributed by atoms with E-state index in [1.54, 1.807) is 0 Å². The largest absolute Gasteiger partial charge is 0.489 e. The summed E-state index contributed by atoms with van der Waals surface area (Å²) in [6.45, 7) is 2.59.